The van der Waals surface area contributed by atoms with Crippen molar-refractivity contribution < 1.29 is 14.3 Å². The highest BCUT2D eigenvalue weighted by molar-refractivity contribution is 6.04. The van der Waals surface area contributed by atoms with Gasteiger partial charge in [-0.1, -0.05) is 49.7 Å². The third kappa shape index (κ3) is 5.18. The van der Waals surface area contributed by atoms with Crippen molar-refractivity contribution in [3.05, 3.63) is 100 Å². The van der Waals surface area contributed by atoms with Crippen LogP contribution in [-0.4, -0.2) is 23.5 Å². The lowest BCUT2D eigenvalue weighted by molar-refractivity contribution is 0.0499. The minimum Gasteiger partial charge on any atom is -0.462 e. The molecule has 0 aliphatic heterocycles. The predicted octanol–water partition coefficient (Wildman–Crippen LogP) is 5.40. The Balaban J connectivity index is 1.46. The van der Waals surface area contributed by atoms with Crippen LogP contribution < -0.4 is 10.9 Å². The van der Waals surface area contributed by atoms with Crippen LogP contribution >= 0.6 is 0 Å². The van der Waals surface area contributed by atoms with Gasteiger partial charge in [-0.2, -0.15) is 0 Å². The van der Waals surface area contributed by atoms with Crippen LogP contribution in [-0.2, 0) is 4.74 Å². The number of nitrogens with one attached hydrogen (secondary N) is 2. The molecule has 0 fully saturated rings. The van der Waals surface area contributed by atoms with Gasteiger partial charge in [0.2, 0.25) is 0 Å². The van der Waals surface area contributed by atoms with Crippen LogP contribution in [0.5, 0.6) is 0 Å². The summed E-state index contributed by atoms with van der Waals surface area (Å²) in [7, 11) is 0. The molecule has 0 aliphatic rings. The second-order valence-corrected chi connectivity index (χ2v) is 7.70. The number of aromatic nitrogens is 1. The highest BCUT2D eigenvalue weighted by Crippen LogP contribution is 2.22. The first-order chi connectivity index (χ1) is 16.0. The standard InChI is InChI=1S/C27H24N2O4/c1-2-3-16-33-27(32)19-10-12-22(13-11-19)28-25(30)23-14-15-24(29-26(23)31)21-9-8-18-6-4-5-7-20(18)17-21/h4-15,17H,2-3,16H2,1H3,(H,28,30)(H,29,31). The summed E-state index contributed by atoms with van der Waals surface area (Å²) in [6.45, 7) is 2.40. The van der Waals surface area contributed by atoms with Gasteiger partial charge in [0.15, 0.2) is 0 Å². The van der Waals surface area contributed by atoms with E-state index in [9.17, 15) is 14.4 Å². The number of rotatable bonds is 7. The molecule has 6 nitrogen and oxygen atoms in total. The molecule has 6 heteroatoms. The molecule has 0 bridgehead atoms. The van der Waals surface area contributed by atoms with Gasteiger partial charge in [-0.3, -0.25) is 9.59 Å². The predicted molar refractivity (Wildman–Crippen MR) is 130 cm³/mol. The molecule has 166 valence electrons. The lowest BCUT2D eigenvalue weighted by atomic mass is 10.0. The first-order valence-electron chi connectivity index (χ1n) is 10.9. The maximum absolute atomic E-state index is 12.6. The van der Waals surface area contributed by atoms with Gasteiger partial charge >= 0.3 is 5.97 Å². The Morgan fingerprint density at radius 1 is 0.909 bits per heavy atom. The lowest BCUT2D eigenvalue weighted by Crippen LogP contribution is -2.23. The van der Waals surface area contributed by atoms with E-state index in [2.05, 4.69) is 10.3 Å². The van der Waals surface area contributed by atoms with Crippen molar-refractivity contribution in [2.45, 2.75) is 19.8 Å². The van der Waals surface area contributed by atoms with E-state index in [1.807, 2.05) is 49.4 Å². The summed E-state index contributed by atoms with van der Waals surface area (Å²) in [5, 5.41) is 4.87. The first kappa shape index (κ1) is 22.0. The number of amides is 1. The van der Waals surface area contributed by atoms with E-state index >= 15 is 0 Å². The van der Waals surface area contributed by atoms with E-state index in [4.69, 9.17) is 4.74 Å². The van der Waals surface area contributed by atoms with Crippen molar-refractivity contribution in [2.24, 2.45) is 0 Å². The molecule has 0 saturated heterocycles. The van der Waals surface area contributed by atoms with Gasteiger partial charge in [-0.15, -0.1) is 0 Å². The summed E-state index contributed by atoms with van der Waals surface area (Å²) < 4.78 is 5.17. The number of esters is 1. The second kappa shape index (κ2) is 9.96. The Kier molecular flexibility index (Phi) is 6.64. The van der Waals surface area contributed by atoms with E-state index in [1.54, 1.807) is 30.3 Å². The quantitative estimate of drug-likeness (QED) is 0.297. The summed E-state index contributed by atoms with van der Waals surface area (Å²) in [5.74, 6) is -0.929. The van der Waals surface area contributed by atoms with E-state index < -0.39 is 17.4 Å². The average molecular weight is 440 g/mol. The number of benzene rings is 3. The van der Waals surface area contributed by atoms with Gasteiger partial charge in [-0.05, 0) is 65.2 Å². The van der Waals surface area contributed by atoms with E-state index in [1.165, 1.54) is 6.07 Å². The monoisotopic (exact) mass is 440 g/mol. The molecule has 1 heterocycles. The van der Waals surface area contributed by atoms with Gasteiger partial charge in [0.05, 0.1) is 12.2 Å². The Morgan fingerprint density at radius 2 is 1.67 bits per heavy atom. The maximum atomic E-state index is 12.6. The highest BCUT2D eigenvalue weighted by atomic mass is 16.5. The molecule has 1 amide bonds. The third-order valence-electron chi connectivity index (χ3n) is 5.32. The first-order valence-corrected chi connectivity index (χ1v) is 10.9. The van der Waals surface area contributed by atoms with Gasteiger partial charge in [-0.25, -0.2) is 4.79 Å². The number of ether oxygens (including phenoxy) is 1. The van der Waals surface area contributed by atoms with E-state index in [-0.39, 0.29) is 5.56 Å². The second-order valence-electron chi connectivity index (χ2n) is 7.70. The van der Waals surface area contributed by atoms with E-state index in [0.29, 0.717) is 23.6 Å². The van der Waals surface area contributed by atoms with Crippen LogP contribution in [0.2, 0.25) is 0 Å². The minimum absolute atomic E-state index is 0.00240. The number of hydrogen-bond donors (Lipinski definition) is 2. The van der Waals surface area contributed by atoms with Crippen molar-refractivity contribution in [3.63, 3.8) is 0 Å². The fourth-order valence-corrected chi connectivity index (χ4v) is 3.46. The number of pyridine rings is 1. The molecule has 4 aromatic rings. The molecule has 0 atom stereocenters. The van der Waals surface area contributed by atoms with Crippen molar-refractivity contribution in [2.75, 3.05) is 11.9 Å². The van der Waals surface area contributed by atoms with Crippen LogP contribution in [0.25, 0.3) is 22.0 Å². The fraction of sp³-hybridized carbons (Fsp3) is 0.148. The third-order valence-corrected chi connectivity index (χ3v) is 5.32. The number of carbonyl (C=O) groups excluding carboxylic acids is 2. The maximum Gasteiger partial charge on any atom is 0.338 e. The molecule has 0 spiro atoms. The lowest BCUT2D eigenvalue weighted by Gasteiger charge is -2.08. The molecule has 0 saturated carbocycles. The summed E-state index contributed by atoms with van der Waals surface area (Å²) >= 11 is 0. The average Bonchev–Trinajstić information content (AvgIpc) is 2.84. The van der Waals surface area contributed by atoms with E-state index in [0.717, 1.165) is 29.2 Å². The number of carbonyl (C=O) groups is 2. The van der Waals surface area contributed by atoms with Crippen LogP contribution in [0.3, 0.4) is 0 Å². The molecule has 3 aromatic carbocycles. The summed E-state index contributed by atoms with van der Waals surface area (Å²) in [6.07, 6.45) is 1.76. The minimum atomic E-state index is -0.528. The zero-order chi connectivity index (χ0) is 23.2. The van der Waals surface area contributed by atoms with Crippen molar-refractivity contribution in [3.8, 4) is 11.3 Å². The number of hydrogen-bond acceptors (Lipinski definition) is 4. The molecular weight excluding hydrogens is 416 g/mol. The topological polar surface area (TPSA) is 88.3 Å². The number of unbranched alkanes of at least 4 members (excludes halogenated alkanes) is 1. The molecule has 2 N–H and O–H groups in total. The summed E-state index contributed by atoms with van der Waals surface area (Å²) in [5.41, 5.74) is 1.90. The largest absolute Gasteiger partial charge is 0.462 e. The number of anilines is 1. The Morgan fingerprint density at radius 3 is 2.39 bits per heavy atom. The highest BCUT2D eigenvalue weighted by Gasteiger charge is 2.13. The van der Waals surface area contributed by atoms with Crippen LogP contribution in [0.4, 0.5) is 5.69 Å². The number of H-pyrrole nitrogens is 1. The van der Waals surface area contributed by atoms with Gasteiger partial charge in [0.25, 0.3) is 11.5 Å². The van der Waals surface area contributed by atoms with Crippen molar-refractivity contribution in [1.29, 1.82) is 0 Å². The van der Waals surface area contributed by atoms with Gasteiger partial charge < -0.3 is 15.0 Å². The molecule has 0 radical (unpaired) electrons. The Labute approximate surface area is 191 Å². The molecule has 0 unspecified atom stereocenters. The Hall–Kier alpha value is -4.19. The van der Waals surface area contributed by atoms with Gasteiger partial charge in [0.1, 0.15) is 5.56 Å². The van der Waals surface area contributed by atoms with Crippen LogP contribution in [0, 0.1) is 0 Å². The zero-order valence-electron chi connectivity index (χ0n) is 18.3. The SMILES string of the molecule is CCCCOC(=O)c1ccc(NC(=O)c2ccc(-c3ccc4ccccc4c3)[nH]c2=O)cc1. The molecule has 0 aliphatic carbocycles. The fourth-order valence-electron chi connectivity index (χ4n) is 3.46. The normalized spacial score (nSPS) is 10.7. The smallest absolute Gasteiger partial charge is 0.338 e. The molecular formula is C27H24N2O4. The number of aromatic amines is 1. The molecule has 4 rings (SSSR count). The molecule has 1 aromatic heterocycles. The molecule has 33 heavy (non-hydrogen) atoms. The summed E-state index contributed by atoms with van der Waals surface area (Å²) in [4.78, 5) is 40.0. The number of fused-ring (bicyclic) bond motifs is 1. The van der Waals surface area contributed by atoms with Crippen molar-refractivity contribution in [1.82, 2.24) is 4.98 Å². The zero-order valence-corrected chi connectivity index (χ0v) is 18.3. The summed E-state index contributed by atoms with van der Waals surface area (Å²) in [6, 6.07) is 23.5. The van der Waals surface area contributed by atoms with Crippen LogP contribution in [0.1, 0.15) is 40.5 Å². The van der Waals surface area contributed by atoms with Gasteiger partial charge in [0, 0.05) is 11.4 Å². The van der Waals surface area contributed by atoms with Crippen LogP contribution in [0.15, 0.2) is 83.7 Å². The van der Waals surface area contributed by atoms with Crippen molar-refractivity contribution >= 4 is 28.3 Å². The Bertz CT molecular complexity index is 1360.